The van der Waals surface area contributed by atoms with Crippen LogP contribution in [0.2, 0.25) is 0 Å². The van der Waals surface area contributed by atoms with E-state index in [2.05, 4.69) is 9.47 Å². The van der Waals surface area contributed by atoms with E-state index >= 15 is 0 Å². The predicted octanol–water partition coefficient (Wildman–Crippen LogP) is 1.82. The van der Waals surface area contributed by atoms with Gasteiger partial charge in [0.2, 0.25) is 10.0 Å². The first-order valence-electron chi connectivity index (χ1n) is 5.86. The number of halogens is 3. The van der Waals surface area contributed by atoms with E-state index in [0.717, 1.165) is 19.2 Å². The second-order valence-corrected chi connectivity index (χ2v) is 6.37. The Kier molecular flexibility index (Phi) is 5.08. The summed E-state index contributed by atoms with van der Waals surface area (Å²) in [4.78, 5) is 10.7. The summed E-state index contributed by atoms with van der Waals surface area (Å²) >= 11 is 0. The molecule has 0 fully saturated rings. The number of methoxy groups -OCH3 is 1. The van der Waals surface area contributed by atoms with Crippen LogP contribution in [0.25, 0.3) is 0 Å². The first-order valence-corrected chi connectivity index (χ1v) is 7.34. The molecule has 1 aromatic rings. The number of hydrogen-bond acceptors (Lipinski definition) is 5. The number of alkyl halides is 3. The molecule has 0 saturated carbocycles. The minimum absolute atomic E-state index is 0.746. The van der Waals surface area contributed by atoms with Crippen molar-refractivity contribution >= 4 is 16.0 Å². The maximum atomic E-state index is 12.3. The van der Waals surface area contributed by atoms with E-state index in [-0.39, 0.29) is 0 Å². The molecule has 0 atom stereocenters. The highest BCUT2D eigenvalue weighted by Gasteiger charge is 2.37. The summed E-state index contributed by atoms with van der Waals surface area (Å²) in [5.41, 5.74) is -1.67. The first kappa shape index (κ1) is 18.2. The van der Waals surface area contributed by atoms with Crippen LogP contribution in [0.15, 0.2) is 29.2 Å². The van der Waals surface area contributed by atoms with E-state index in [1.54, 1.807) is 0 Å². The molecule has 1 aromatic carbocycles. The number of esters is 1. The van der Waals surface area contributed by atoms with Crippen molar-refractivity contribution in [3.8, 4) is 5.75 Å². The van der Waals surface area contributed by atoms with Crippen molar-refractivity contribution in [2.24, 2.45) is 0 Å². The lowest BCUT2D eigenvalue weighted by atomic mass is 10.1. The fraction of sp³-hybridized carbons (Fsp3) is 0.417. The molecule has 0 heterocycles. The molecule has 0 aliphatic carbocycles. The number of carbonyl (C=O) groups is 1. The molecule has 0 bridgehead atoms. The fourth-order valence-corrected chi connectivity index (χ4v) is 3.07. The fourth-order valence-electron chi connectivity index (χ4n) is 1.57. The monoisotopic (exact) mass is 341 g/mol. The van der Waals surface area contributed by atoms with Gasteiger partial charge in [-0.3, -0.25) is 4.79 Å². The van der Waals surface area contributed by atoms with Crippen molar-refractivity contribution in [1.82, 2.24) is 4.72 Å². The zero-order valence-corrected chi connectivity index (χ0v) is 12.7. The van der Waals surface area contributed by atoms with Crippen molar-refractivity contribution in [1.29, 1.82) is 0 Å². The Morgan fingerprint density at radius 2 is 1.73 bits per heavy atom. The van der Waals surface area contributed by atoms with Gasteiger partial charge in [0.05, 0.1) is 7.11 Å². The van der Waals surface area contributed by atoms with E-state index in [4.69, 9.17) is 0 Å². The molecule has 1 N–H and O–H groups in total. The molecule has 0 aromatic heterocycles. The Morgan fingerprint density at radius 1 is 1.18 bits per heavy atom. The molecule has 0 aliphatic heterocycles. The van der Waals surface area contributed by atoms with Gasteiger partial charge < -0.3 is 9.47 Å². The smallest absolute Gasteiger partial charge is 0.468 e. The van der Waals surface area contributed by atoms with Gasteiger partial charge in [0.15, 0.2) is 0 Å². The number of rotatable bonds is 5. The van der Waals surface area contributed by atoms with Crippen molar-refractivity contribution in [2.45, 2.75) is 30.6 Å². The van der Waals surface area contributed by atoms with E-state index < -0.39 is 38.5 Å². The van der Waals surface area contributed by atoms with Crippen LogP contribution in [-0.4, -0.2) is 33.4 Å². The summed E-state index contributed by atoms with van der Waals surface area (Å²) in [5, 5.41) is 0. The van der Waals surface area contributed by atoms with E-state index in [1.807, 2.05) is 4.72 Å². The first-order chi connectivity index (χ1) is 9.89. The average Bonchev–Trinajstić information content (AvgIpc) is 2.35. The lowest BCUT2D eigenvalue weighted by molar-refractivity contribution is -0.275. The van der Waals surface area contributed by atoms with Crippen LogP contribution >= 0.6 is 0 Å². The van der Waals surface area contributed by atoms with Crippen molar-refractivity contribution in [3.63, 3.8) is 0 Å². The van der Waals surface area contributed by atoms with E-state index in [1.165, 1.54) is 26.0 Å². The number of carbonyl (C=O) groups excluding carboxylic acids is 1. The topological polar surface area (TPSA) is 81.7 Å². The highest BCUT2D eigenvalue weighted by atomic mass is 32.2. The van der Waals surface area contributed by atoms with Gasteiger partial charge in [0, 0.05) is 0 Å². The molecule has 0 aliphatic rings. The molecule has 10 heteroatoms. The third kappa shape index (κ3) is 4.60. The Morgan fingerprint density at radius 3 is 2.23 bits per heavy atom. The van der Waals surface area contributed by atoms with Gasteiger partial charge in [-0.25, -0.2) is 8.42 Å². The Balaban J connectivity index is 3.22. The van der Waals surface area contributed by atoms with Crippen molar-refractivity contribution < 1.29 is 35.9 Å². The van der Waals surface area contributed by atoms with Gasteiger partial charge in [-0.05, 0) is 26.0 Å². The normalized spacial score (nSPS) is 12.8. The molecule has 1 rings (SSSR count). The molecule has 124 valence electrons. The summed E-state index contributed by atoms with van der Waals surface area (Å²) in [6, 6.07) is 4.19. The van der Waals surface area contributed by atoms with Crippen LogP contribution in [0.5, 0.6) is 5.75 Å². The van der Waals surface area contributed by atoms with E-state index in [0.29, 0.717) is 0 Å². The highest BCUT2D eigenvalue weighted by Crippen LogP contribution is 2.29. The molecule has 6 nitrogen and oxygen atoms in total. The minimum atomic E-state index is -5.05. The largest absolute Gasteiger partial charge is 0.573 e. The number of sulfonamides is 1. The molecule has 0 saturated heterocycles. The minimum Gasteiger partial charge on any atom is -0.468 e. The summed E-state index contributed by atoms with van der Waals surface area (Å²) in [7, 11) is -3.40. The van der Waals surface area contributed by atoms with Crippen LogP contribution in [0.3, 0.4) is 0 Å². The van der Waals surface area contributed by atoms with Gasteiger partial charge in [-0.2, -0.15) is 4.72 Å². The van der Waals surface area contributed by atoms with Crippen molar-refractivity contribution in [3.05, 3.63) is 24.3 Å². The van der Waals surface area contributed by atoms with Gasteiger partial charge in [-0.15, -0.1) is 13.2 Å². The predicted molar refractivity (Wildman–Crippen MR) is 69.5 cm³/mol. The summed E-state index contributed by atoms with van der Waals surface area (Å²) in [5.74, 6) is -1.80. The highest BCUT2D eigenvalue weighted by molar-refractivity contribution is 7.89. The molecular weight excluding hydrogens is 327 g/mol. The maximum Gasteiger partial charge on any atom is 0.573 e. The van der Waals surface area contributed by atoms with Crippen LogP contribution in [0.1, 0.15) is 13.8 Å². The number of benzene rings is 1. The zero-order chi connectivity index (χ0) is 17.2. The second-order valence-electron chi connectivity index (χ2n) is 4.72. The number of hydrogen-bond donors (Lipinski definition) is 1. The van der Waals surface area contributed by atoms with Crippen LogP contribution in [0, 0.1) is 0 Å². The third-order valence-corrected chi connectivity index (χ3v) is 4.14. The molecule has 22 heavy (non-hydrogen) atoms. The summed E-state index contributed by atoms with van der Waals surface area (Å²) < 4.78 is 71.5. The summed E-state index contributed by atoms with van der Waals surface area (Å²) in [6.07, 6.45) is -5.05. The third-order valence-electron chi connectivity index (χ3n) is 2.45. The van der Waals surface area contributed by atoms with Gasteiger partial charge in [0.25, 0.3) is 0 Å². The van der Waals surface area contributed by atoms with E-state index in [9.17, 15) is 26.4 Å². The standard InChI is InChI=1S/C12H14F3NO5S/c1-11(2,10(17)20-3)16-22(18,19)9-7-5-4-6-8(9)21-12(13,14)15/h4-7,16H,1-3H3. The van der Waals surface area contributed by atoms with Gasteiger partial charge in [0.1, 0.15) is 16.2 Å². The summed E-state index contributed by atoms with van der Waals surface area (Å²) in [6.45, 7) is 2.42. The molecule has 0 radical (unpaired) electrons. The van der Waals surface area contributed by atoms with Gasteiger partial charge in [-0.1, -0.05) is 12.1 Å². The SMILES string of the molecule is COC(=O)C(C)(C)NS(=O)(=O)c1ccccc1OC(F)(F)F. The zero-order valence-electron chi connectivity index (χ0n) is 11.9. The molecule has 0 unspecified atom stereocenters. The van der Waals surface area contributed by atoms with Crippen LogP contribution in [-0.2, 0) is 19.6 Å². The Hall–Kier alpha value is -1.81. The molecule has 0 amide bonds. The Bertz CT molecular complexity index is 655. The van der Waals surface area contributed by atoms with Gasteiger partial charge >= 0.3 is 12.3 Å². The van der Waals surface area contributed by atoms with Crippen LogP contribution in [0.4, 0.5) is 13.2 Å². The van der Waals surface area contributed by atoms with Crippen LogP contribution < -0.4 is 9.46 Å². The average molecular weight is 341 g/mol. The molecular formula is C12H14F3NO5S. The number of ether oxygens (including phenoxy) is 2. The Labute approximate surface area is 125 Å². The lowest BCUT2D eigenvalue weighted by Crippen LogP contribution is -2.50. The maximum absolute atomic E-state index is 12.3. The lowest BCUT2D eigenvalue weighted by Gasteiger charge is -2.23. The second kappa shape index (κ2) is 6.13. The molecule has 0 spiro atoms. The number of nitrogens with one attached hydrogen (secondary N) is 1. The number of para-hydroxylation sites is 1. The van der Waals surface area contributed by atoms with Crippen molar-refractivity contribution in [2.75, 3.05) is 7.11 Å². The quantitative estimate of drug-likeness (QED) is 0.826.